The van der Waals surface area contributed by atoms with E-state index in [0.717, 1.165) is 24.3 Å². The molecule has 0 spiro atoms. The molecule has 0 amide bonds. The van der Waals surface area contributed by atoms with Gasteiger partial charge in [0, 0.05) is 25.5 Å². The molecule has 1 aliphatic rings. The average Bonchev–Trinajstić information content (AvgIpc) is 2.97. The molecule has 88 valence electrons. The molecule has 0 radical (unpaired) electrons. The predicted octanol–water partition coefficient (Wildman–Crippen LogP) is 1.86. The lowest BCUT2D eigenvalue weighted by Crippen LogP contribution is -2.17. The number of aromatic carboxylic acids is 1. The lowest BCUT2D eigenvalue weighted by atomic mass is 10.2. The summed E-state index contributed by atoms with van der Waals surface area (Å²) < 4.78 is 0. The molecule has 2 aromatic heterocycles. The highest BCUT2D eigenvalue weighted by molar-refractivity contribution is 6.04. The number of hydrogen-bond donors (Lipinski definition) is 2. The summed E-state index contributed by atoms with van der Waals surface area (Å²) in [5, 5.41) is 9.05. The number of carbonyl (C=O) groups is 1. The Morgan fingerprint density at radius 2 is 2.18 bits per heavy atom. The second-order valence-corrected chi connectivity index (χ2v) is 4.26. The van der Waals surface area contributed by atoms with Crippen LogP contribution in [0.25, 0.3) is 11.0 Å². The van der Waals surface area contributed by atoms with Crippen molar-refractivity contribution in [3.8, 4) is 0 Å². The number of hydrogen-bond acceptors (Lipinski definition) is 3. The van der Waals surface area contributed by atoms with E-state index in [0.29, 0.717) is 5.52 Å². The van der Waals surface area contributed by atoms with Crippen molar-refractivity contribution in [1.29, 1.82) is 0 Å². The minimum Gasteiger partial charge on any atom is -0.478 e. The minimum atomic E-state index is -0.942. The topological polar surface area (TPSA) is 69.2 Å². The van der Waals surface area contributed by atoms with Gasteiger partial charge in [-0.05, 0) is 18.9 Å². The summed E-state index contributed by atoms with van der Waals surface area (Å²) in [6.07, 6.45) is 5.57. The van der Waals surface area contributed by atoms with Gasteiger partial charge in [-0.3, -0.25) is 4.98 Å². The molecule has 1 aliphatic heterocycles. The zero-order valence-electron chi connectivity index (χ0n) is 9.31. The van der Waals surface area contributed by atoms with E-state index in [2.05, 4.69) is 14.9 Å². The van der Waals surface area contributed by atoms with Crippen LogP contribution in [-0.2, 0) is 0 Å². The van der Waals surface area contributed by atoms with Crippen molar-refractivity contribution in [3.63, 3.8) is 0 Å². The van der Waals surface area contributed by atoms with Gasteiger partial charge in [0.2, 0.25) is 0 Å². The Hall–Kier alpha value is -2.04. The molecule has 2 N–H and O–H groups in total. The van der Waals surface area contributed by atoms with Crippen LogP contribution in [0.1, 0.15) is 23.2 Å². The molecule has 0 atom stereocenters. The monoisotopic (exact) mass is 231 g/mol. The maximum Gasteiger partial charge on any atom is 0.339 e. The first-order valence-electron chi connectivity index (χ1n) is 5.71. The van der Waals surface area contributed by atoms with Gasteiger partial charge in [0.1, 0.15) is 11.1 Å². The van der Waals surface area contributed by atoms with Crippen LogP contribution in [0.3, 0.4) is 0 Å². The van der Waals surface area contributed by atoms with Gasteiger partial charge in [0.25, 0.3) is 0 Å². The van der Waals surface area contributed by atoms with Crippen LogP contribution in [0.2, 0.25) is 0 Å². The number of nitrogens with zero attached hydrogens (tertiary/aromatic N) is 2. The standard InChI is InChI=1S/C12H13N3O2/c16-12(17)8-7-14-11-9(3-4-13-10(8)11)15-5-1-2-6-15/h3-4,7,14H,1-2,5-6H2,(H,16,17). The van der Waals surface area contributed by atoms with Gasteiger partial charge in [-0.15, -0.1) is 0 Å². The molecule has 5 nitrogen and oxygen atoms in total. The predicted molar refractivity (Wildman–Crippen MR) is 64.5 cm³/mol. The number of pyridine rings is 1. The van der Waals surface area contributed by atoms with Gasteiger partial charge in [-0.25, -0.2) is 4.79 Å². The molecule has 1 fully saturated rings. The Bertz CT molecular complexity index is 570. The SMILES string of the molecule is O=C(O)c1c[nH]c2c(N3CCCC3)ccnc12. The third-order valence-corrected chi connectivity index (χ3v) is 3.22. The van der Waals surface area contributed by atoms with Crippen LogP contribution in [0, 0.1) is 0 Å². The number of aromatic nitrogens is 2. The fraction of sp³-hybridized carbons (Fsp3) is 0.333. The van der Waals surface area contributed by atoms with Gasteiger partial charge < -0.3 is 15.0 Å². The Morgan fingerprint density at radius 3 is 2.88 bits per heavy atom. The van der Waals surface area contributed by atoms with Crippen molar-refractivity contribution >= 4 is 22.7 Å². The van der Waals surface area contributed by atoms with Crippen LogP contribution in [0.5, 0.6) is 0 Å². The summed E-state index contributed by atoms with van der Waals surface area (Å²) in [7, 11) is 0. The maximum atomic E-state index is 11.0. The lowest BCUT2D eigenvalue weighted by Gasteiger charge is -2.17. The molecule has 0 aromatic carbocycles. The maximum absolute atomic E-state index is 11.0. The average molecular weight is 231 g/mol. The number of aromatic amines is 1. The molecule has 0 aliphatic carbocycles. The van der Waals surface area contributed by atoms with Crippen molar-refractivity contribution in [2.45, 2.75) is 12.8 Å². The van der Waals surface area contributed by atoms with Crippen molar-refractivity contribution in [2.75, 3.05) is 18.0 Å². The smallest absolute Gasteiger partial charge is 0.339 e. The molecule has 5 heteroatoms. The Balaban J connectivity index is 2.16. The normalized spacial score (nSPS) is 15.6. The molecule has 17 heavy (non-hydrogen) atoms. The van der Waals surface area contributed by atoms with Crippen LogP contribution in [0.4, 0.5) is 5.69 Å². The summed E-state index contributed by atoms with van der Waals surface area (Å²) in [6.45, 7) is 2.06. The Labute approximate surface area is 98.1 Å². The largest absolute Gasteiger partial charge is 0.478 e. The van der Waals surface area contributed by atoms with Crippen LogP contribution < -0.4 is 4.90 Å². The van der Waals surface area contributed by atoms with Gasteiger partial charge in [-0.2, -0.15) is 0 Å². The summed E-state index contributed by atoms with van der Waals surface area (Å²) in [5.74, 6) is -0.942. The second kappa shape index (κ2) is 3.76. The molecular formula is C12H13N3O2. The number of H-pyrrole nitrogens is 1. The van der Waals surface area contributed by atoms with Gasteiger partial charge in [-0.1, -0.05) is 0 Å². The third kappa shape index (κ3) is 1.54. The second-order valence-electron chi connectivity index (χ2n) is 4.26. The molecule has 0 unspecified atom stereocenters. The summed E-state index contributed by atoms with van der Waals surface area (Å²) in [4.78, 5) is 20.5. The highest BCUT2D eigenvalue weighted by atomic mass is 16.4. The molecular weight excluding hydrogens is 218 g/mol. The van der Waals surface area contributed by atoms with Gasteiger partial charge in [0.05, 0.1) is 11.2 Å². The van der Waals surface area contributed by atoms with E-state index in [1.165, 1.54) is 19.0 Å². The van der Waals surface area contributed by atoms with Crippen molar-refractivity contribution in [3.05, 3.63) is 24.0 Å². The van der Waals surface area contributed by atoms with Gasteiger partial charge >= 0.3 is 5.97 Å². The fourth-order valence-corrected chi connectivity index (χ4v) is 2.40. The summed E-state index contributed by atoms with van der Waals surface area (Å²) in [6, 6.07) is 1.94. The van der Waals surface area contributed by atoms with Gasteiger partial charge in [0.15, 0.2) is 0 Å². The van der Waals surface area contributed by atoms with Crippen molar-refractivity contribution in [2.24, 2.45) is 0 Å². The van der Waals surface area contributed by atoms with E-state index in [1.54, 1.807) is 6.20 Å². The number of carboxylic acids is 1. The quantitative estimate of drug-likeness (QED) is 0.827. The van der Waals surface area contributed by atoms with E-state index in [-0.39, 0.29) is 5.56 Å². The van der Waals surface area contributed by atoms with E-state index >= 15 is 0 Å². The molecule has 3 heterocycles. The highest BCUT2D eigenvalue weighted by Crippen LogP contribution is 2.28. The van der Waals surface area contributed by atoms with E-state index in [4.69, 9.17) is 5.11 Å². The number of rotatable bonds is 2. The van der Waals surface area contributed by atoms with E-state index < -0.39 is 5.97 Å². The van der Waals surface area contributed by atoms with E-state index in [9.17, 15) is 4.79 Å². The van der Waals surface area contributed by atoms with Crippen molar-refractivity contribution in [1.82, 2.24) is 9.97 Å². The Morgan fingerprint density at radius 1 is 1.41 bits per heavy atom. The van der Waals surface area contributed by atoms with Crippen LogP contribution in [-0.4, -0.2) is 34.1 Å². The summed E-state index contributed by atoms with van der Waals surface area (Å²) >= 11 is 0. The highest BCUT2D eigenvalue weighted by Gasteiger charge is 2.19. The van der Waals surface area contributed by atoms with Crippen LogP contribution in [0.15, 0.2) is 18.5 Å². The summed E-state index contributed by atoms with van der Waals surface area (Å²) in [5.41, 5.74) is 2.66. The first-order chi connectivity index (χ1) is 8.27. The Kier molecular flexibility index (Phi) is 2.24. The molecule has 2 aromatic rings. The van der Waals surface area contributed by atoms with Crippen LogP contribution >= 0.6 is 0 Å². The number of carboxylic acid groups (broad SMARTS) is 1. The zero-order valence-corrected chi connectivity index (χ0v) is 9.31. The molecule has 1 saturated heterocycles. The van der Waals surface area contributed by atoms with E-state index in [1.807, 2.05) is 6.07 Å². The molecule has 0 bridgehead atoms. The molecule has 0 saturated carbocycles. The first kappa shape index (κ1) is 10.1. The zero-order chi connectivity index (χ0) is 11.8. The first-order valence-corrected chi connectivity index (χ1v) is 5.71. The minimum absolute atomic E-state index is 0.237. The fourth-order valence-electron chi connectivity index (χ4n) is 2.40. The number of fused-ring (bicyclic) bond motifs is 1. The number of anilines is 1. The lowest BCUT2D eigenvalue weighted by molar-refractivity contribution is 0.0699. The number of nitrogens with one attached hydrogen (secondary N) is 1. The van der Waals surface area contributed by atoms with Crippen molar-refractivity contribution < 1.29 is 9.90 Å². The molecule has 3 rings (SSSR count). The third-order valence-electron chi connectivity index (χ3n) is 3.22.